The molecule has 0 saturated heterocycles. The fourth-order valence-corrected chi connectivity index (χ4v) is 6.91. The second-order valence-electron chi connectivity index (χ2n) is 15.5. The minimum absolute atomic E-state index is 0.168. The van der Waals surface area contributed by atoms with Crippen LogP contribution in [0.25, 0.3) is 0 Å². The number of carbonyl (C=O) groups excluding carboxylic acids is 1. The number of benzene rings is 2. The summed E-state index contributed by atoms with van der Waals surface area (Å²) in [5.41, 5.74) is 2.94. The molecule has 0 unspecified atom stereocenters. The van der Waals surface area contributed by atoms with Crippen molar-refractivity contribution in [3.63, 3.8) is 0 Å². The molecule has 48 heavy (non-hydrogen) atoms. The number of thioether (sulfide) groups is 2. The number of aliphatic carboxylic acids is 1. The van der Waals surface area contributed by atoms with Crippen LogP contribution in [-0.4, -0.2) is 26.2 Å². The van der Waals surface area contributed by atoms with Crippen molar-refractivity contribution in [2.24, 2.45) is 5.92 Å². The molecule has 0 amide bonds. The van der Waals surface area contributed by atoms with E-state index in [-0.39, 0.29) is 33.2 Å². The average Bonchev–Trinajstić information content (AvgIpc) is 2.94. The molecule has 2 rings (SSSR count). The van der Waals surface area contributed by atoms with Crippen molar-refractivity contribution in [2.75, 3.05) is 0 Å². The second kappa shape index (κ2) is 20.5. The summed E-state index contributed by atoms with van der Waals surface area (Å²) >= 11 is 3.50. The van der Waals surface area contributed by atoms with Crippen LogP contribution in [0, 0.1) is 12.8 Å². The molecule has 0 atom stereocenters. The lowest BCUT2D eigenvalue weighted by molar-refractivity contribution is -0.142. The van der Waals surface area contributed by atoms with Crippen molar-refractivity contribution in [3.8, 4) is 11.5 Å². The largest absolute Gasteiger partial charge is 0.507 e. The van der Waals surface area contributed by atoms with Crippen molar-refractivity contribution in [1.82, 2.24) is 0 Å². The first-order valence-electron chi connectivity index (χ1n) is 17.6. The number of carboxylic acid groups (broad SMARTS) is 1. The first-order valence-corrected chi connectivity index (χ1v) is 19.2. The Morgan fingerprint density at radius 1 is 0.708 bits per heavy atom. The normalized spacial score (nSPS) is 11.8. The van der Waals surface area contributed by atoms with E-state index in [1.165, 1.54) is 6.42 Å². The van der Waals surface area contributed by atoms with Crippen LogP contribution < -0.4 is 4.74 Å². The Morgan fingerprint density at radius 3 is 1.40 bits per heavy atom. The summed E-state index contributed by atoms with van der Waals surface area (Å²) < 4.78 is 5.45. The van der Waals surface area contributed by atoms with Crippen LogP contribution in [0.15, 0.2) is 34.1 Å². The van der Waals surface area contributed by atoms with Gasteiger partial charge in [-0.25, -0.2) is 0 Å². The van der Waals surface area contributed by atoms with Gasteiger partial charge in [0.2, 0.25) is 0 Å². The highest BCUT2D eigenvalue weighted by molar-refractivity contribution is 8.18. The number of carboxylic acids is 1. The van der Waals surface area contributed by atoms with Gasteiger partial charge < -0.3 is 14.9 Å². The molecule has 0 aromatic heterocycles. The minimum Gasteiger partial charge on any atom is -0.507 e. The molecule has 2 aromatic rings. The quantitative estimate of drug-likeness (QED) is 0.116. The smallest absolute Gasteiger partial charge is 0.311 e. The second-order valence-corrected chi connectivity index (χ2v) is 19.2. The molecular formula is C41H70O5S2. The van der Waals surface area contributed by atoms with E-state index in [0.29, 0.717) is 11.5 Å². The number of hydrogen-bond donors (Lipinski definition) is 2. The number of esters is 1. The molecule has 0 aliphatic carbocycles. The first-order chi connectivity index (χ1) is 21.8. The van der Waals surface area contributed by atoms with Gasteiger partial charge in [0, 0.05) is 26.5 Å². The lowest BCUT2D eigenvalue weighted by Gasteiger charge is -2.30. The predicted octanol–water partition coefficient (Wildman–Crippen LogP) is 13.1. The molecule has 0 aliphatic rings. The van der Waals surface area contributed by atoms with Gasteiger partial charge in [0.05, 0.1) is 16.9 Å². The molecule has 276 valence electrons. The number of rotatable bonds is 9. The maximum atomic E-state index is 12.4. The van der Waals surface area contributed by atoms with Gasteiger partial charge in [-0.15, -0.1) is 23.5 Å². The number of ether oxygens (including phenoxy) is 1. The van der Waals surface area contributed by atoms with E-state index in [4.69, 9.17) is 9.84 Å². The van der Waals surface area contributed by atoms with Crippen molar-refractivity contribution in [3.05, 3.63) is 46.5 Å². The summed E-state index contributed by atoms with van der Waals surface area (Å²) in [6.07, 6.45) is 0.880. The zero-order valence-electron chi connectivity index (χ0n) is 33.9. The number of phenols is 1. The molecule has 5 nitrogen and oxygen atoms in total. The highest BCUT2D eigenvalue weighted by Crippen LogP contribution is 2.50. The summed E-state index contributed by atoms with van der Waals surface area (Å²) in [5.74, 6) is 0.206. The molecule has 0 bridgehead atoms. The highest BCUT2D eigenvalue weighted by atomic mass is 32.2. The van der Waals surface area contributed by atoms with Gasteiger partial charge in [0.25, 0.3) is 0 Å². The summed E-state index contributed by atoms with van der Waals surface area (Å²) in [4.78, 5) is 25.4. The molecular weight excluding hydrogens is 637 g/mol. The van der Waals surface area contributed by atoms with Crippen molar-refractivity contribution >= 4 is 35.5 Å². The monoisotopic (exact) mass is 706 g/mol. The fourth-order valence-electron chi connectivity index (χ4n) is 4.26. The van der Waals surface area contributed by atoms with E-state index in [0.717, 1.165) is 38.0 Å². The molecule has 0 spiro atoms. The van der Waals surface area contributed by atoms with Crippen molar-refractivity contribution in [1.29, 1.82) is 0 Å². The van der Waals surface area contributed by atoms with Crippen LogP contribution in [-0.2, 0) is 25.8 Å². The van der Waals surface area contributed by atoms with Crippen molar-refractivity contribution < 1.29 is 24.5 Å². The van der Waals surface area contributed by atoms with E-state index in [2.05, 4.69) is 115 Å². The van der Waals surface area contributed by atoms with E-state index < -0.39 is 11.9 Å². The lowest BCUT2D eigenvalue weighted by Crippen LogP contribution is -2.19. The first kappa shape index (κ1) is 48.0. The molecule has 2 aromatic carbocycles. The zero-order chi connectivity index (χ0) is 38.4. The van der Waals surface area contributed by atoms with E-state index >= 15 is 0 Å². The van der Waals surface area contributed by atoms with Gasteiger partial charge in [-0.1, -0.05) is 117 Å². The van der Waals surface area contributed by atoms with Crippen LogP contribution in [0.5, 0.6) is 11.5 Å². The van der Waals surface area contributed by atoms with Crippen LogP contribution >= 0.6 is 23.5 Å². The summed E-state index contributed by atoms with van der Waals surface area (Å²) in [5, 5.41) is 20.0. The van der Waals surface area contributed by atoms with E-state index in [1.54, 1.807) is 23.5 Å². The highest BCUT2D eigenvalue weighted by Gasteiger charge is 2.30. The maximum Gasteiger partial charge on any atom is 0.311 e. The van der Waals surface area contributed by atoms with Crippen LogP contribution in [0.2, 0.25) is 0 Å². The fraction of sp³-hybridized carbons (Fsp3) is 0.659. The Balaban J connectivity index is 0. The Bertz CT molecular complexity index is 1250. The summed E-state index contributed by atoms with van der Waals surface area (Å²) in [6.45, 7) is 39.9. The Kier molecular flexibility index (Phi) is 20.5. The molecule has 2 N–H and O–H groups in total. The van der Waals surface area contributed by atoms with Crippen LogP contribution in [0.4, 0.5) is 0 Å². The van der Waals surface area contributed by atoms with Crippen LogP contribution in [0.1, 0.15) is 166 Å². The van der Waals surface area contributed by atoms with Gasteiger partial charge >= 0.3 is 11.9 Å². The summed E-state index contributed by atoms with van der Waals surface area (Å²) in [7, 11) is 0. The maximum absolute atomic E-state index is 12.4. The van der Waals surface area contributed by atoms with Gasteiger partial charge in [-0.2, -0.15) is 0 Å². The third kappa shape index (κ3) is 17.0. The Morgan fingerprint density at radius 2 is 1.06 bits per heavy atom. The van der Waals surface area contributed by atoms with E-state index in [9.17, 15) is 14.7 Å². The molecule has 0 fully saturated rings. The standard InChI is InChI=1S/C32H46O5S2.C5H12.2C2H6/c1-19-15-20(18-24(31(8,9)10)28(19)37-26(35)14-13-25(33)34)38-32(11,12)39-21-16-22(29(2,3)4)27(36)23(17-21)30(5,6)7;1-4-5(2)3;2*1-2/h15-18,36H,13-14H2,1-12H3,(H,33,34);5H,4H2,1-3H3;2*1-2H3. The molecule has 0 radical (unpaired) electrons. The van der Waals surface area contributed by atoms with Gasteiger partial charge in [-0.3, -0.25) is 9.59 Å². The van der Waals surface area contributed by atoms with E-state index in [1.807, 2.05) is 40.7 Å². The third-order valence-electron chi connectivity index (χ3n) is 7.06. The molecule has 0 aliphatic heterocycles. The summed E-state index contributed by atoms with van der Waals surface area (Å²) in [6, 6.07) is 8.34. The van der Waals surface area contributed by atoms with Gasteiger partial charge in [0.15, 0.2) is 0 Å². The number of aryl methyl sites for hydroxylation is 1. The average molecular weight is 707 g/mol. The predicted molar refractivity (Wildman–Crippen MR) is 212 cm³/mol. The third-order valence-corrected chi connectivity index (χ3v) is 9.48. The van der Waals surface area contributed by atoms with Gasteiger partial charge in [0.1, 0.15) is 11.5 Å². The number of phenolic OH excluding ortho intramolecular Hbond substituents is 1. The van der Waals surface area contributed by atoms with Gasteiger partial charge in [-0.05, 0) is 72.8 Å². The zero-order valence-corrected chi connectivity index (χ0v) is 35.6. The Hall–Kier alpha value is -2.12. The molecule has 0 saturated carbocycles. The number of aromatic hydroxyl groups is 1. The minimum atomic E-state index is -1.02. The lowest BCUT2D eigenvalue weighted by atomic mass is 9.79. The topological polar surface area (TPSA) is 83.8 Å². The van der Waals surface area contributed by atoms with Crippen LogP contribution in [0.3, 0.4) is 0 Å². The molecule has 7 heteroatoms. The number of hydrogen-bond acceptors (Lipinski definition) is 6. The number of carbonyl (C=O) groups is 2. The SMILES string of the molecule is CC.CC.CCC(C)C.Cc1cc(SC(C)(C)Sc2cc(C(C)(C)C)c(O)c(C(C)(C)C)c2)cc(C(C)(C)C)c1OC(=O)CCC(=O)O. The Labute approximate surface area is 303 Å². The van der Waals surface area contributed by atoms with Crippen molar-refractivity contribution in [2.45, 2.75) is 181 Å². The molecule has 0 heterocycles.